The summed E-state index contributed by atoms with van der Waals surface area (Å²) < 4.78 is 5.42. The Bertz CT molecular complexity index is 555. The summed E-state index contributed by atoms with van der Waals surface area (Å²) in [4.78, 5) is 14.6. The van der Waals surface area contributed by atoms with Gasteiger partial charge in [0.15, 0.2) is 0 Å². The molecule has 0 unspecified atom stereocenters. The van der Waals surface area contributed by atoms with Crippen LogP contribution >= 0.6 is 0 Å². The first kappa shape index (κ1) is 11.9. The number of anilines is 1. The summed E-state index contributed by atoms with van der Waals surface area (Å²) in [5.41, 5.74) is 6.49. The Kier molecular flexibility index (Phi) is 3.43. The van der Waals surface area contributed by atoms with Crippen molar-refractivity contribution < 1.29 is 14.6 Å². The van der Waals surface area contributed by atoms with Crippen LogP contribution in [0.25, 0.3) is 0 Å². The fourth-order valence-corrected chi connectivity index (χ4v) is 1.45. The summed E-state index contributed by atoms with van der Waals surface area (Å²) in [7, 11) is 0. The molecule has 2 aromatic rings. The molecule has 3 N–H and O–H groups in total. The predicted octanol–water partition coefficient (Wildman–Crippen LogP) is 1.94. The fourth-order valence-electron chi connectivity index (χ4n) is 1.45. The number of hydrogen-bond donors (Lipinski definition) is 2. The van der Waals surface area contributed by atoms with E-state index in [0.29, 0.717) is 12.5 Å². The number of ether oxygens (including phenoxy) is 1. The van der Waals surface area contributed by atoms with Gasteiger partial charge in [0.05, 0.1) is 0 Å². The monoisotopic (exact) mass is 244 g/mol. The smallest absolute Gasteiger partial charge is 0.339 e. The first-order chi connectivity index (χ1) is 8.66. The molecular formula is C13H12N2O3. The van der Waals surface area contributed by atoms with Crippen LogP contribution in [0, 0.1) is 0 Å². The molecule has 2 rings (SSSR count). The molecule has 0 spiro atoms. The van der Waals surface area contributed by atoms with Crippen molar-refractivity contribution in [3.05, 3.63) is 53.6 Å². The van der Waals surface area contributed by atoms with E-state index in [9.17, 15) is 4.79 Å². The van der Waals surface area contributed by atoms with E-state index in [2.05, 4.69) is 4.98 Å². The van der Waals surface area contributed by atoms with Crippen molar-refractivity contribution in [1.82, 2.24) is 4.98 Å². The van der Waals surface area contributed by atoms with Crippen LogP contribution in [0.15, 0.2) is 42.5 Å². The van der Waals surface area contributed by atoms with Crippen LogP contribution in [0.3, 0.4) is 0 Å². The molecule has 5 heteroatoms. The first-order valence-electron chi connectivity index (χ1n) is 5.33. The second-order valence-corrected chi connectivity index (χ2v) is 3.66. The lowest BCUT2D eigenvalue weighted by Crippen LogP contribution is -2.06. The van der Waals surface area contributed by atoms with Crippen LogP contribution in [0.2, 0.25) is 0 Å². The third-order valence-electron chi connectivity index (χ3n) is 2.36. The number of rotatable bonds is 4. The van der Waals surface area contributed by atoms with Gasteiger partial charge in [0.25, 0.3) is 0 Å². The summed E-state index contributed by atoms with van der Waals surface area (Å²) in [6.07, 6.45) is 0. The minimum Gasteiger partial charge on any atom is -0.478 e. The SMILES string of the molecule is Nc1nc(OCc2ccccc2)ccc1C(=O)O. The van der Waals surface area contributed by atoms with E-state index in [0.717, 1.165) is 5.56 Å². The molecular weight excluding hydrogens is 232 g/mol. The normalized spacial score (nSPS) is 10.0. The zero-order valence-electron chi connectivity index (χ0n) is 9.54. The molecule has 0 bridgehead atoms. The number of carboxylic acids is 1. The average Bonchev–Trinajstić information content (AvgIpc) is 2.37. The third kappa shape index (κ3) is 2.76. The number of nitrogen functional groups attached to an aromatic ring is 1. The topological polar surface area (TPSA) is 85.4 Å². The minimum absolute atomic E-state index is 0.0259. The Hall–Kier alpha value is -2.56. The number of nitrogens with two attached hydrogens (primary N) is 1. The number of nitrogens with zero attached hydrogens (tertiary/aromatic N) is 1. The van der Waals surface area contributed by atoms with Gasteiger partial charge >= 0.3 is 5.97 Å². The van der Waals surface area contributed by atoms with Crippen molar-refractivity contribution in [3.63, 3.8) is 0 Å². The number of aromatic carboxylic acids is 1. The lowest BCUT2D eigenvalue weighted by Gasteiger charge is -2.07. The summed E-state index contributed by atoms with van der Waals surface area (Å²) >= 11 is 0. The molecule has 0 saturated heterocycles. The van der Waals surface area contributed by atoms with Crippen molar-refractivity contribution in [2.45, 2.75) is 6.61 Å². The highest BCUT2D eigenvalue weighted by atomic mass is 16.5. The number of carbonyl (C=O) groups is 1. The highest BCUT2D eigenvalue weighted by molar-refractivity contribution is 5.92. The van der Waals surface area contributed by atoms with Crippen LogP contribution in [0.1, 0.15) is 15.9 Å². The maximum absolute atomic E-state index is 10.8. The number of pyridine rings is 1. The van der Waals surface area contributed by atoms with Crippen molar-refractivity contribution in [2.24, 2.45) is 0 Å². The molecule has 1 aromatic heterocycles. The second-order valence-electron chi connectivity index (χ2n) is 3.66. The first-order valence-corrected chi connectivity index (χ1v) is 5.33. The van der Waals surface area contributed by atoms with Gasteiger partial charge in [-0.15, -0.1) is 0 Å². The molecule has 0 atom stereocenters. The average molecular weight is 244 g/mol. The van der Waals surface area contributed by atoms with Crippen molar-refractivity contribution in [1.29, 1.82) is 0 Å². The van der Waals surface area contributed by atoms with E-state index in [1.807, 2.05) is 30.3 Å². The molecule has 0 saturated carbocycles. The number of hydrogen-bond acceptors (Lipinski definition) is 4. The van der Waals surface area contributed by atoms with Crippen molar-refractivity contribution >= 4 is 11.8 Å². The Balaban J connectivity index is 2.07. The molecule has 0 radical (unpaired) electrons. The van der Waals surface area contributed by atoms with Gasteiger partial charge in [-0.2, -0.15) is 4.98 Å². The van der Waals surface area contributed by atoms with E-state index in [1.165, 1.54) is 12.1 Å². The Morgan fingerprint density at radius 2 is 1.94 bits per heavy atom. The van der Waals surface area contributed by atoms with E-state index >= 15 is 0 Å². The van der Waals surface area contributed by atoms with Crippen molar-refractivity contribution in [2.75, 3.05) is 5.73 Å². The molecule has 92 valence electrons. The molecule has 5 nitrogen and oxygen atoms in total. The van der Waals surface area contributed by atoms with Gasteiger partial charge < -0.3 is 15.6 Å². The van der Waals surface area contributed by atoms with E-state index in [1.54, 1.807) is 0 Å². The van der Waals surface area contributed by atoms with Gasteiger partial charge in [0.2, 0.25) is 5.88 Å². The summed E-state index contributed by atoms with van der Waals surface area (Å²) in [6.45, 7) is 0.361. The molecule has 0 fully saturated rings. The lowest BCUT2D eigenvalue weighted by atomic mass is 10.2. The molecule has 0 aliphatic rings. The van der Waals surface area contributed by atoms with E-state index in [-0.39, 0.29) is 11.4 Å². The number of benzene rings is 1. The summed E-state index contributed by atoms with van der Waals surface area (Å²) in [5.74, 6) is -0.843. The van der Waals surface area contributed by atoms with Gasteiger partial charge in [-0.1, -0.05) is 30.3 Å². The van der Waals surface area contributed by atoms with Crippen LogP contribution in [0.5, 0.6) is 5.88 Å². The predicted molar refractivity (Wildman–Crippen MR) is 66.4 cm³/mol. The quantitative estimate of drug-likeness (QED) is 0.858. The molecule has 18 heavy (non-hydrogen) atoms. The molecule has 1 aromatic carbocycles. The highest BCUT2D eigenvalue weighted by Crippen LogP contribution is 2.16. The summed E-state index contributed by atoms with van der Waals surface area (Å²) in [5, 5.41) is 8.80. The van der Waals surface area contributed by atoms with Gasteiger partial charge in [0.1, 0.15) is 18.0 Å². The second kappa shape index (κ2) is 5.18. The number of carboxylic acid groups (broad SMARTS) is 1. The van der Waals surface area contributed by atoms with E-state index in [4.69, 9.17) is 15.6 Å². The highest BCUT2D eigenvalue weighted by Gasteiger charge is 2.09. The van der Waals surface area contributed by atoms with Crippen LogP contribution < -0.4 is 10.5 Å². The Morgan fingerprint density at radius 1 is 1.22 bits per heavy atom. The van der Waals surface area contributed by atoms with E-state index < -0.39 is 5.97 Å². The molecule has 0 aliphatic carbocycles. The Morgan fingerprint density at radius 3 is 2.56 bits per heavy atom. The zero-order chi connectivity index (χ0) is 13.0. The standard InChI is InChI=1S/C13H12N2O3/c14-12-10(13(16)17)6-7-11(15-12)18-8-9-4-2-1-3-5-9/h1-7H,8H2,(H2,14,15)(H,16,17). The molecule has 0 amide bonds. The zero-order valence-corrected chi connectivity index (χ0v) is 9.54. The number of aromatic nitrogens is 1. The van der Waals surface area contributed by atoms with Gasteiger partial charge in [-0.3, -0.25) is 0 Å². The lowest BCUT2D eigenvalue weighted by molar-refractivity contribution is 0.0697. The third-order valence-corrected chi connectivity index (χ3v) is 2.36. The molecule has 1 heterocycles. The van der Waals surface area contributed by atoms with Crippen LogP contribution in [0.4, 0.5) is 5.82 Å². The fraction of sp³-hybridized carbons (Fsp3) is 0.0769. The van der Waals surface area contributed by atoms with Gasteiger partial charge in [-0.05, 0) is 11.6 Å². The van der Waals surface area contributed by atoms with Crippen LogP contribution in [-0.4, -0.2) is 16.1 Å². The maximum Gasteiger partial charge on any atom is 0.339 e. The van der Waals surface area contributed by atoms with Gasteiger partial charge in [0, 0.05) is 6.07 Å². The van der Waals surface area contributed by atoms with Gasteiger partial charge in [-0.25, -0.2) is 4.79 Å². The maximum atomic E-state index is 10.8. The molecule has 0 aliphatic heterocycles. The summed E-state index contributed by atoms with van der Waals surface area (Å²) in [6, 6.07) is 12.5. The Labute approximate surface area is 104 Å². The van der Waals surface area contributed by atoms with Crippen molar-refractivity contribution in [3.8, 4) is 5.88 Å². The minimum atomic E-state index is -1.10. The largest absolute Gasteiger partial charge is 0.478 e. The van der Waals surface area contributed by atoms with Crippen LogP contribution in [-0.2, 0) is 6.61 Å².